The first-order chi connectivity index (χ1) is 7.59. The minimum absolute atomic E-state index is 0.0885. The Morgan fingerprint density at radius 2 is 2.12 bits per heavy atom. The molecule has 16 heavy (non-hydrogen) atoms. The Morgan fingerprint density at radius 1 is 1.38 bits per heavy atom. The molecule has 0 spiro atoms. The molecular formula is C11H14ClN3O. The molecule has 0 aromatic heterocycles. The van der Waals surface area contributed by atoms with Gasteiger partial charge in [-0.2, -0.15) is 0 Å². The first-order valence-electron chi connectivity index (χ1n) is 5.12. The number of piperazine rings is 1. The highest BCUT2D eigenvalue weighted by Crippen LogP contribution is 2.32. The minimum Gasteiger partial charge on any atom is -0.397 e. The van der Waals surface area contributed by atoms with Gasteiger partial charge in [0.05, 0.1) is 22.9 Å². The predicted octanol–water partition coefficient (Wildman–Crippen LogP) is 1.20. The van der Waals surface area contributed by atoms with Crippen molar-refractivity contribution in [3.8, 4) is 0 Å². The molecule has 2 rings (SSSR count). The van der Waals surface area contributed by atoms with Crippen molar-refractivity contribution in [1.29, 1.82) is 0 Å². The summed E-state index contributed by atoms with van der Waals surface area (Å²) in [6, 6.07) is 5.39. The third-order valence-corrected chi connectivity index (χ3v) is 3.10. The van der Waals surface area contributed by atoms with Gasteiger partial charge >= 0.3 is 0 Å². The van der Waals surface area contributed by atoms with Gasteiger partial charge in [0.15, 0.2) is 0 Å². The number of amides is 1. The molecule has 0 aliphatic carbocycles. The number of carbonyl (C=O) groups excluding carboxylic acids is 1. The Labute approximate surface area is 99.6 Å². The molecule has 0 saturated carbocycles. The lowest BCUT2D eigenvalue weighted by molar-refractivity contribution is -0.129. The second-order valence-electron chi connectivity index (χ2n) is 3.91. The Bertz CT molecular complexity index is 401. The average Bonchev–Trinajstić information content (AvgIpc) is 2.23. The Kier molecular flexibility index (Phi) is 2.92. The predicted molar refractivity (Wildman–Crippen MR) is 65.7 cm³/mol. The van der Waals surface area contributed by atoms with Gasteiger partial charge in [-0.25, -0.2) is 0 Å². The van der Waals surface area contributed by atoms with Crippen LogP contribution in [0.25, 0.3) is 0 Å². The normalized spacial score (nSPS) is 16.8. The third-order valence-electron chi connectivity index (χ3n) is 2.79. The number of nitrogens with two attached hydrogens (primary N) is 1. The summed E-state index contributed by atoms with van der Waals surface area (Å²) in [5, 5.41) is 0.595. The maximum absolute atomic E-state index is 11.6. The lowest BCUT2D eigenvalue weighted by atomic mass is 10.2. The van der Waals surface area contributed by atoms with Crippen molar-refractivity contribution in [1.82, 2.24) is 4.90 Å². The summed E-state index contributed by atoms with van der Waals surface area (Å²) in [6.07, 6.45) is 0. The molecule has 1 heterocycles. The quantitative estimate of drug-likeness (QED) is 0.750. The van der Waals surface area contributed by atoms with E-state index in [0.29, 0.717) is 23.8 Å². The van der Waals surface area contributed by atoms with Crippen LogP contribution in [0, 0.1) is 0 Å². The van der Waals surface area contributed by atoms with E-state index in [1.807, 2.05) is 4.90 Å². The van der Waals surface area contributed by atoms with Crippen LogP contribution in [0.15, 0.2) is 18.2 Å². The van der Waals surface area contributed by atoms with Crippen molar-refractivity contribution in [2.45, 2.75) is 0 Å². The number of carbonyl (C=O) groups is 1. The minimum atomic E-state index is 0.0885. The second-order valence-corrected chi connectivity index (χ2v) is 4.32. The number of halogens is 1. The highest BCUT2D eigenvalue weighted by atomic mass is 35.5. The molecule has 1 saturated heterocycles. The summed E-state index contributed by atoms with van der Waals surface area (Å²) in [4.78, 5) is 15.2. The summed E-state index contributed by atoms with van der Waals surface area (Å²) >= 11 is 6.10. The number of anilines is 2. The number of nitrogens with zero attached hydrogens (tertiary/aromatic N) is 2. The van der Waals surface area contributed by atoms with Gasteiger partial charge in [-0.1, -0.05) is 17.7 Å². The van der Waals surface area contributed by atoms with Gasteiger partial charge < -0.3 is 15.5 Å². The van der Waals surface area contributed by atoms with E-state index < -0.39 is 0 Å². The maximum atomic E-state index is 11.6. The molecule has 1 aromatic carbocycles. The van der Waals surface area contributed by atoms with Crippen LogP contribution < -0.4 is 10.6 Å². The Balaban J connectivity index is 2.28. The molecule has 1 aliphatic heterocycles. The number of likely N-dealkylation sites (N-methyl/N-ethyl adjacent to an activating group) is 1. The fraction of sp³-hybridized carbons (Fsp3) is 0.364. The average molecular weight is 240 g/mol. The molecular weight excluding hydrogens is 226 g/mol. The van der Waals surface area contributed by atoms with E-state index in [1.54, 1.807) is 30.1 Å². The summed E-state index contributed by atoms with van der Waals surface area (Å²) in [7, 11) is 1.80. The van der Waals surface area contributed by atoms with Gasteiger partial charge in [0.1, 0.15) is 0 Å². The van der Waals surface area contributed by atoms with Gasteiger partial charge in [-0.15, -0.1) is 0 Å². The summed E-state index contributed by atoms with van der Waals surface area (Å²) < 4.78 is 0. The van der Waals surface area contributed by atoms with E-state index in [4.69, 9.17) is 17.3 Å². The zero-order chi connectivity index (χ0) is 11.7. The third kappa shape index (κ3) is 1.93. The van der Waals surface area contributed by atoms with E-state index in [-0.39, 0.29) is 5.91 Å². The van der Waals surface area contributed by atoms with Crippen molar-refractivity contribution in [2.24, 2.45) is 0 Å². The van der Waals surface area contributed by atoms with Gasteiger partial charge in [0.2, 0.25) is 5.91 Å². The standard InChI is InChI=1S/C11H14ClN3O/c1-14-5-6-15(7-10(14)16)11-8(12)3-2-4-9(11)13/h2-4H,5-7,13H2,1H3. The van der Waals surface area contributed by atoms with Crippen LogP contribution in [0.2, 0.25) is 5.02 Å². The summed E-state index contributed by atoms with van der Waals surface area (Å²) in [5.74, 6) is 0.0885. The number of rotatable bonds is 1. The van der Waals surface area contributed by atoms with E-state index in [1.165, 1.54) is 0 Å². The van der Waals surface area contributed by atoms with E-state index in [2.05, 4.69) is 0 Å². The Morgan fingerprint density at radius 3 is 2.75 bits per heavy atom. The fourth-order valence-corrected chi connectivity index (χ4v) is 2.12. The molecule has 1 aromatic rings. The smallest absolute Gasteiger partial charge is 0.241 e. The van der Waals surface area contributed by atoms with Crippen molar-refractivity contribution >= 4 is 28.9 Å². The van der Waals surface area contributed by atoms with E-state index in [0.717, 1.165) is 12.2 Å². The fourth-order valence-electron chi connectivity index (χ4n) is 1.81. The maximum Gasteiger partial charge on any atom is 0.241 e. The molecule has 1 aliphatic rings. The molecule has 1 fully saturated rings. The number of nitrogen functional groups attached to an aromatic ring is 1. The van der Waals surface area contributed by atoms with Crippen molar-refractivity contribution in [2.75, 3.05) is 37.3 Å². The van der Waals surface area contributed by atoms with Crippen LogP contribution in [0.4, 0.5) is 11.4 Å². The van der Waals surface area contributed by atoms with Crippen LogP contribution in [-0.4, -0.2) is 37.5 Å². The van der Waals surface area contributed by atoms with Gasteiger partial charge in [-0.05, 0) is 12.1 Å². The van der Waals surface area contributed by atoms with Crippen molar-refractivity contribution < 1.29 is 4.79 Å². The van der Waals surface area contributed by atoms with Crippen LogP contribution in [0.1, 0.15) is 0 Å². The molecule has 0 unspecified atom stereocenters. The zero-order valence-electron chi connectivity index (χ0n) is 9.11. The van der Waals surface area contributed by atoms with Gasteiger partial charge in [0, 0.05) is 20.1 Å². The Hall–Kier alpha value is -1.42. The highest BCUT2D eigenvalue weighted by Gasteiger charge is 2.23. The molecule has 2 N–H and O–H groups in total. The van der Waals surface area contributed by atoms with Crippen molar-refractivity contribution in [3.05, 3.63) is 23.2 Å². The van der Waals surface area contributed by atoms with Gasteiger partial charge in [-0.3, -0.25) is 4.79 Å². The zero-order valence-corrected chi connectivity index (χ0v) is 9.87. The van der Waals surface area contributed by atoms with Gasteiger partial charge in [0.25, 0.3) is 0 Å². The lowest BCUT2D eigenvalue weighted by Gasteiger charge is -2.34. The first kappa shape index (κ1) is 11.1. The van der Waals surface area contributed by atoms with Crippen LogP contribution >= 0.6 is 11.6 Å². The molecule has 5 heteroatoms. The number of hydrogen-bond donors (Lipinski definition) is 1. The highest BCUT2D eigenvalue weighted by molar-refractivity contribution is 6.34. The molecule has 86 valence electrons. The summed E-state index contributed by atoms with van der Waals surface area (Å²) in [5.41, 5.74) is 7.27. The summed E-state index contributed by atoms with van der Waals surface area (Å²) in [6.45, 7) is 1.80. The second kappa shape index (κ2) is 4.22. The molecule has 4 nitrogen and oxygen atoms in total. The molecule has 1 amide bonds. The molecule has 0 bridgehead atoms. The number of benzene rings is 1. The number of para-hydroxylation sites is 1. The van der Waals surface area contributed by atoms with Crippen LogP contribution in [-0.2, 0) is 4.79 Å². The molecule has 0 radical (unpaired) electrons. The van der Waals surface area contributed by atoms with E-state index in [9.17, 15) is 4.79 Å². The lowest BCUT2D eigenvalue weighted by Crippen LogP contribution is -2.48. The number of hydrogen-bond acceptors (Lipinski definition) is 3. The van der Waals surface area contributed by atoms with Crippen LogP contribution in [0.5, 0.6) is 0 Å². The first-order valence-corrected chi connectivity index (χ1v) is 5.50. The topological polar surface area (TPSA) is 49.6 Å². The van der Waals surface area contributed by atoms with Crippen LogP contribution in [0.3, 0.4) is 0 Å². The largest absolute Gasteiger partial charge is 0.397 e. The SMILES string of the molecule is CN1CCN(c2c(N)cccc2Cl)CC1=O. The van der Waals surface area contributed by atoms with Crippen molar-refractivity contribution in [3.63, 3.8) is 0 Å². The van der Waals surface area contributed by atoms with E-state index >= 15 is 0 Å². The molecule has 0 atom stereocenters. The monoisotopic (exact) mass is 239 g/mol.